The smallest absolute Gasteiger partial charge is 0.310 e. The van der Waals surface area contributed by atoms with Crippen molar-refractivity contribution in [3.8, 4) is 11.5 Å². The molecule has 0 bridgehead atoms. The lowest BCUT2D eigenvalue weighted by molar-refractivity contribution is -0.146. The minimum absolute atomic E-state index is 0.183. The van der Waals surface area contributed by atoms with Gasteiger partial charge in [0.2, 0.25) is 0 Å². The lowest BCUT2D eigenvalue weighted by atomic mass is 10.00. The number of carboxylic acid groups (broad SMARTS) is 1. The number of likely N-dealkylation sites (tertiary alicyclic amines) is 1. The van der Waals surface area contributed by atoms with Gasteiger partial charge in [0.15, 0.2) is 11.5 Å². The first-order valence-electron chi connectivity index (χ1n) is 9.95. The summed E-state index contributed by atoms with van der Waals surface area (Å²) in [7, 11) is 0. The average molecular weight is 418 g/mol. The summed E-state index contributed by atoms with van der Waals surface area (Å²) in [5.41, 5.74) is 2.17. The molecule has 0 atom stereocenters. The molecule has 7 nitrogen and oxygen atoms in total. The normalized spacial score (nSPS) is 13.4. The molecule has 1 saturated heterocycles. The first-order valence-corrected chi connectivity index (χ1v) is 9.95. The van der Waals surface area contributed by atoms with Crippen molar-refractivity contribution in [2.24, 2.45) is 5.92 Å². The Bertz CT molecular complexity index is 1050. The monoisotopic (exact) mass is 418 g/mol. The fourth-order valence-corrected chi connectivity index (χ4v) is 3.20. The molecule has 7 heteroatoms. The van der Waals surface area contributed by atoms with Gasteiger partial charge in [-0.3, -0.25) is 9.59 Å². The van der Waals surface area contributed by atoms with Crippen LogP contribution in [-0.2, 0) is 18.0 Å². The number of carbonyl (C=O) groups excluding carboxylic acids is 1. The van der Waals surface area contributed by atoms with Gasteiger partial charge in [-0.15, -0.1) is 0 Å². The lowest BCUT2D eigenvalue weighted by Gasteiger charge is -2.36. The van der Waals surface area contributed by atoms with Gasteiger partial charge in [-0.05, 0) is 11.1 Å². The minimum atomic E-state index is -0.895. The van der Waals surface area contributed by atoms with Gasteiger partial charge < -0.3 is 19.5 Å². The zero-order valence-corrected chi connectivity index (χ0v) is 16.8. The van der Waals surface area contributed by atoms with Gasteiger partial charge in [0, 0.05) is 19.2 Å². The summed E-state index contributed by atoms with van der Waals surface area (Å²) in [6.07, 6.45) is 1.48. The molecule has 1 fully saturated rings. The van der Waals surface area contributed by atoms with E-state index in [0.717, 1.165) is 11.1 Å². The van der Waals surface area contributed by atoms with Gasteiger partial charge in [0.05, 0.1) is 12.1 Å². The van der Waals surface area contributed by atoms with E-state index in [1.54, 1.807) is 6.07 Å². The summed E-state index contributed by atoms with van der Waals surface area (Å²) >= 11 is 0. The average Bonchev–Trinajstić information content (AvgIpc) is 2.76. The number of rotatable bonds is 8. The maximum absolute atomic E-state index is 12.7. The predicted octanol–water partition coefficient (Wildman–Crippen LogP) is 3.40. The molecule has 0 unspecified atom stereocenters. The highest BCUT2D eigenvalue weighted by molar-refractivity contribution is 5.94. The molecule has 1 amide bonds. The lowest BCUT2D eigenvalue weighted by Crippen LogP contribution is -2.53. The second kappa shape index (κ2) is 9.30. The van der Waals surface area contributed by atoms with Gasteiger partial charge >= 0.3 is 5.97 Å². The third-order valence-electron chi connectivity index (χ3n) is 5.04. The van der Waals surface area contributed by atoms with E-state index in [9.17, 15) is 9.59 Å². The van der Waals surface area contributed by atoms with Crippen LogP contribution in [0.2, 0.25) is 0 Å². The molecular formula is C24H22N2O5. The number of carboxylic acids is 1. The molecule has 2 heterocycles. The van der Waals surface area contributed by atoms with Crippen LogP contribution < -0.4 is 9.47 Å². The summed E-state index contributed by atoms with van der Waals surface area (Å²) in [4.78, 5) is 29.4. The van der Waals surface area contributed by atoms with Gasteiger partial charge in [-0.2, -0.15) is 0 Å². The van der Waals surface area contributed by atoms with Gasteiger partial charge in [-0.1, -0.05) is 60.7 Å². The molecule has 1 N–H and O–H groups in total. The van der Waals surface area contributed by atoms with Crippen molar-refractivity contribution in [1.82, 2.24) is 9.88 Å². The number of amides is 1. The summed E-state index contributed by atoms with van der Waals surface area (Å²) in [5, 5.41) is 9.02. The van der Waals surface area contributed by atoms with Crippen molar-refractivity contribution in [2.45, 2.75) is 13.2 Å². The highest BCUT2D eigenvalue weighted by Crippen LogP contribution is 2.30. The van der Waals surface area contributed by atoms with E-state index in [0.29, 0.717) is 24.7 Å². The Morgan fingerprint density at radius 1 is 0.903 bits per heavy atom. The van der Waals surface area contributed by atoms with Crippen molar-refractivity contribution in [1.29, 1.82) is 0 Å². The molecule has 1 aliphatic heterocycles. The largest absolute Gasteiger partial charge is 0.485 e. The third-order valence-corrected chi connectivity index (χ3v) is 5.04. The molecule has 0 radical (unpaired) electrons. The molecule has 2 aromatic carbocycles. The zero-order chi connectivity index (χ0) is 21.6. The minimum Gasteiger partial charge on any atom is -0.485 e. The number of ether oxygens (including phenoxy) is 2. The van der Waals surface area contributed by atoms with Gasteiger partial charge in [-0.25, -0.2) is 4.98 Å². The molecule has 1 aromatic heterocycles. The van der Waals surface area contributed by atoms with E-state index in [4.69, 9.17) is 14.6 Å². The second-order valence-corrected chi connectivity index (χ2v) is 7.31. The first kappa shape index (κ1) is 20.4. The first-order chi connectivity index (χ1) is 15.1. The summed E-state index contributed by atoms with van der Waals surface area (Å²) < 4.78 is 11.9. The number of hydrogen-bond donors (Lipinski definition) is 1. The third kappa shape index (κ3) is 5.01. The van der Waals surface area contributed by atoms with Gasteiger partial charge in [0.25, 0.3) is 5.91 Å². The maximum Gasteiger partial charge on any atom is 0.310 e. The number of benzene rings is 2. The van der Waals surface area contributed by atoms with Gasteiger partial charge in [0.1, 0.15) is 18.9 Å². The maximum atomic E-state index is 12.7. The zero-order valence-electron chi connectivity index (χ0n) is 16.8. The molecule has 3 aromatic rings. The topological polar surface area (TPSA) is 89.0 Å². The Morgan fingerprint density at radius 2 is 1.45 bits per heavy atom. The van der Waals surface area contributed by atoms with Crippen molar-refractivity contribution in [2.75, 3.05) is 13.1 Å². The second-order valence-electron chi connectivity index (χ2n) is 7.31. The SMILES string of the molecule is O=C(O)C1CN(C(=O)c2cc(OCc3ccccc3)c(OCc3ccccc3)cn2)C1. The Morgan fingerprint density at radius 3 is 2.00 bits per heavy atom. The highest BCUT2D eigenvalue weighted by atomic mass is 16.5. The van der Waals surface area contributed by atoms with Crippen molar-refractivity contribution < 1.29 is 24.2 Å². The van der Waals surface area contributed by atoms with E-state index < -0.39 is 11.9 Å². The fourth-order valence-electron chi connectivity index (χ4n) is 3.20. The number of aliphatic carboxylic acids is 1. The van der Waals surface area contributed by atoms with E-state index in [1.165, 1.54) is 11.1 Å². The van der Waals surface area contributed by atoms with Crippen LogP contribution in [0.5, 0.6) is 11.5 Å². The predicted molar refractivity (Wildman–Crippen MR) is 113 cm³/mol. The van der Waals surface area contributed by atoms with Crippen molar-refractivity contribution >= 4 is 11.9 Å². The standard InChI is InChI=1S/C24H22N2O5/c27-23(26-13-19(14-26)24(28)29)20-11-21(30-15-17-7-3-1-4-8-17)22(12-25-20)31-16-18-9-5-2-6-10-18/h1-12,19H,13-16H2,(H,28,29). The summed E-state index contributed by atoms with van der Waals surface area (Å²) in [6, 6.07) is 20.9. The van der Waals surface area contributed by atoms with Crippen LogP contribution in [0.25, 0.3) is 0 Å². The molecule has 0 saturated carbocycles. The van der Waals surface area contributed by atoms with Crippen molar-refractivity contribution in [3.63, 3.8) is 0 Å². The summed E-state index contributed by atoms with van der Waals surface area (Å²) in [6.45, 7) is 1.01. The van der Waals surface area contributed by atoms with Crippen LogP contribution in [0.15, 0.2) is 72.9 Å². The molecule has 0 aliphatic carbocycles. The van der Waals surface area contributed by atoms with E-state index >= 15 is 0 Å². The van der Waals surface area contributed by atoms with Crippen LogP contribution in [0, 0.1) is 5.92 Å². The van der Waals surface area contributed by atoms with Crippen LogP contribution in [0.3, 0.4) is 0 Å². The Hall–Kier alpha value is -3.87. The molecule has 4 rings (SSSR count). The molecule has 158 valence electrons. The molecule has 1 aliphatic rings. The number of aromatic nitrogens is 1. The van der Waals surface area contributed by atoms with E-state index in [-0.39, 0.29) is 24.7 Å². The molecule has 0 spiro atoms. The number of nitrogens with zero attached hydrogens (tertiary/aromatic N) is 2. The molecule has 31 heavy (non-hydrogen) atoms. The number of pyridine rings is 1. The Kier molecular flexibility index (Phi) is 6.12. The van der Waals surface area contributed by atoms with Crippen LogP contribution >= 0.6 is 0 Å². The van der Waals surface area contributed by atoms with Crippen LogP contribution in [0.4, 0.5) is 0 Å². The van der Waals surface area contributed by atoms with E-state index in [2.05, 4.69) is 4.98 Å². The Labute approximate surface area is 179 Å². The molecular weight excluding hydrogens is 396 g/mol. The van der Waals surface area contributed by atoms with Crippen LogP contribution in [0.1, 0.15) is 21.6 Å². The van der Waals surface area contributed by atoms with Crippen LogP contribution in [-0.4, -0.2) is 40.0 Å². The Balaban J connectivity index is 1.51. The number of hydrogen-bond acceptors (Lipinski definition) is 5. The van der Waals surface area contributed by atoms with Crippen molar-refractivity contribution in [3.05, 3.63) is 89.7 Å². The summed E-state index contributed by atoms with van der Waals surface area (Å²) in [5.74, 6) is -0.895. The number of carbonyl (C=O) groups is 2. The fraction of sp³-hybridized carbons (Fsp3) is 0.208. The van der Waals surface area contributed by atoms with E-state index in [1.807, 2.05) is 60.7 Å². The highest BCUT2D eigenvalue weighted by Gasteiger charge is 2.36. The quantitative estimate of drug-likeness (QED) is 0.603.